The second-order valence-corrected chi connectivity index (χ2v) is 5.25. The van der Waals surface area contributed by atoms with Crippen molar-refractivity contribution >= 4 is 17.6 Å². The maximum absolute atomic E-state index is 11.1. The highest BCUT2D eigenvalue weighted by Gasteiger charge is 2.12. The van der Waals surface area contributed by atoms with E-state index in [1.165, 1.54) is 12.7 Å². The first-order valence-corrected chi connectivity index (χ1v) is 6.80. The molecule has 2 nitrogen and oxygen atoms in total. The van der Waals surface area contributed by atoms with Gasteiger partial charge in [-0.05, 0) is 29.9 Å². The Labute approximate surface area is 114 Å². The van der Waals surface area contributed by atoms with Crippen LogP contribution in [0, 0.1) is 0 Å². The van der Waals surface area contributed by atoms with Gasteiger partial charge in [0.1, 0.15) is 0 Å². The Morgan fingerprint density at radius 2 is 1.94 bits per heavy atom. The summed E-state index contributed by atoms with van der Waals surface area (Å²) >= 11 is 6.12. The summed E-state index contributed by atoms with van der Waals surface area (Å²) in [4.78, 5) is 11.1. The summed E-state index contributed by atoms with van der Waals surface area (Å²) in [6.45, 7) is 4.40. The van der Waals surface area contributed by atoms with E-state index in [0.29, 0.717) is 12.3 Å². The molecule has 0 saturated carbocycles. The Morgan fingerprint density at radius 3 is 2.44 bits per heavy atom. The van der Waals surface area contributed by atoms with Crippen LogP contribution in [0.15, 0.2) is 24.3 Å². The third-order valence-corrected chi connectivity index (χ3v) is 3.54. The maximum Gasteiger partial charge on any atom is 0.307 e. The van der Waals surface area contributed by atoms with E-state index in [0.717, 1.165) is 12.0 Å². The molecule has 2 unspecified atom stereocenters. The summed E-state index contributed by atoms with van der Waals surface area (Å²) in [6, 6.07) is 8.47. The molecule has 0 amide bonds. The molecule has 100 valence electrons. The van der Waals surface area contributed by atoms with Crippen LogP contribution >= 0.6 is 11.6 Å². The lowest BCUT2D eigenvalue weighted by atomic mass is 9.96. The van der Waals surface area contributed by atoms with Gasteiger partial charge < -0.3 is 4.74 Å². The number of benzene rings is 1. The fourth-order valence-corrected chi connectivity index (χ4v) is 2.11. The van der Waals surface area contributed by atoms with Gasteiger partial charge in [0.25, 0.3) is 0 Å². The van der Waals surface area contributed by atoms with Crippen LogP contribution < -0.4 is 0 Å². The zero-order valence-electron chi connectivity index (χ0n) is 11.3. The minimum absolute atomic E-state index is 0.202. The molecule has 0 aliphatic heterocycles. The average Bonchev–Trinajstić information content (AvgIpc) is 2.38. The summed E-state index contributed by atoms with van der Waals surface area (Å²) in [5, 5.41) is -0.202. The molecular weight excluding hydrogens is 248 g/mol. The second-order valence-electron chi connectivity index (χ2n) is 4.63. The van der Waals surface area contributed by atoms with E-state index in [1.54, 1.807) is 0 Å². The molecule has 0 spiro atoms. The number of hydrogen-bond donors (Lipinski definition) is 0. The Hall–Kier alpha value is -1.02. The highest BCUT2D eigenvalue weighted by molar-refractivity contribution is 6.21. The van der Waals surface area contributed by atoms with Gasteiger partial charge in [-0.2, -0.15) is 0 Å². The number of carbonyl (C=O) groups excluding carboxylic acids is 1. The second kappa shape index (κ2) is 7.42. The number of rotatable bonds is 6. The Morgan fingerprint density at radius 1 is 1.33 bits per heavy atom. The third kappa shape index (κ3) is 4.69. The number of ether oxygens (including phenoxy) is 1. The van der Waals surface area contributed by atoms with Crippen LogP contribution in [0.1, 0.15) is 43.7 Å². The zero-order valence-corrected chi connectivity index (χ0v) is 12.0. The van der Waals surface area contributed by atoms with Crippen LogP contribution in [0.25, 0.3) is 0 Å². The van der Waals surface area contributed by atoms with Crippen molar-refractivity contribution in [2.24, 2.45) is 0 Å². The van der Waals surface area contributed by atoms with E-state index in [1.807, 2.05) is 0 Å². The van der Waals surface area contributed by atoms with Crippen LogP contribution in [0.5, 0.6) is 0 Å². The van der Waals surface area contributed by atoms with Crippen LogP contribution in [-0.4, -0.2) is 18.5 Å². The first kappa shape index (κ1) is 15.0. The molecule has 0 aromatic heterocycles. The summed E-state index contributed by atoms with van der Waals surface area (Å²) in [7, 11) is 1.38. The van der Waals surface area contributed by atoms with E-state index in [-0.39, 0.29) is 17.8 Å². The fraction of sp³-hybridized carbons (Fsp3) is 0.533. The first-order chi connectivity index (χ1) is 8.56. The standard InChI is InChI=1S/C15H21ClO2/c1-4-11(2)13-7-5-12(6-8-13)9-14(16)10-15(17)18-3/h5-8,11,14H,4,9-10H2,1-3H3. The van der Waals surface area contributed by atoms with E-state index in [4.69, 9.17) is 11.6 Å². The number of methoxy groups -OCH3 is 1. The minimum atomic E-state index is -0.258. The highest BCUT2D eigenvalue weighted by atomic mass is 35.5. The molecule has 0 fully saturated rings. The van der Waals surface area contributed by atoms with E-state index in [2.05, 4.69) is 42.8 Å². The lowest BCUT2D eigenvalue weighted by molar-refractivity contribution is -0.140. The van der Waals surface area contributed by atoms with Gasteiger partial charge >= 0.3 is 5.97 Å². The summed E-state index contributed by atoms with van der Waals surface area (Å²) in [6.07, 6.45) is 2.09. The molecule has 3 heteroatoms. The molecule has 2 atom stereocenters. The predicted molar refractivity (Wildman–Crippen MR) is 75.1 cm³/mol. The summed E-state index contributed by atoms with van der Waals surface area (Å²) in [5.74, 6) is 0.326. The summed E-state index contributed by atoms with van der Waals surface area (Å²) in [5.41, 5.74) is 2.51. The highest BCUT2D eigenvalue weighted by Crippen LogP contribution is 2.20. The Kier molecular flexibility index (Phi) is 6.20. The van der Waals surface area contributed by atoms with Gasteiger partial charge in [-0.25, -0.2) is 0 Å². The third-order valence-electron chi connectivity index (χ3n) is 3.23. The fourth-order valence-electron chi connectivity index (χ4n) is 1.81. The molecular formula is C15H21ClO2. The van der Waals surface area contributed by atoms with Crippen molar-refractivity contribution in [2.45, 2.75) is 44.4 Å². The van der Waals surface area contributed by atoms with Crippen molar-refractivity contribution in [1.29, 1.82) is 0 Å². The number of hydrogen-bond acceptors (Lipinski definition) is 2. The number of halogens is 1. The van der Waals surface area contributed by atoms with Gasteiger partial charge in [-0.1, -0.05) is 38.1 Å². The summed E-state index contributed by atoms with van der Waals surface area (Å²) < 4.78 is 4.60. The van der Waals surface area contributed by atoms with Crippen LogP contribution in [-0.2, 0) is 16.0 Å². The monoisotopic (exact) mass is 268 g/mol. The van der Waals surface area contributed by atoms with Gasteiger partial charge in [0.2, 0.25) is 0 Å². The largest absolute Gasteiger partial charge is 0.469 e. The van der Waals surface area contributed by atoms with Gasteiger partial charge in [-0.15, -0.1) is 11.6 Å². The van der Waals surface area contributed by atoms with Gasteiger partial charge in [0, 0.05) is 5.38 Å². The van der Waals surface area contributed by atoms with Crippen molar-refractivity contribution in [3.63, 3.8) is 0 Å². The van der Waals surface area contributed by atoms with Gasteiger partial charge in [0.15, 0.2) is 0 Å². The quantitative estimate of drug-likeness (QED) is 0.578. The van der Waals surface area contributed by atoms with Crippen LogP contribution in [0.4, 0.5) is 0 Å². The molecule has 1 aromatic carbocycles. The van der Waals surface area contributed by atoms with Gasteiger partial charge in [-0.3, -0.25) is 4.79 Å². The molecule has 0 heterocycles. The number of carbonyl (C=O) groups is 1. The molecule has 0 aliphatic rings. The number of esters is 1. The van der Waals surface area contributed by atoms with Crippen molar-refractivity contribution in [3.05, 3.63) is 35.4 Å². The van der Waals surface area contributed by atoms with Crippen molar-refractivity contribution in [2.75, 3.05) is 7.11 Å². The molecule has 0 aliphatic carbocycles. The first-order valence-electron chi connectivity index (χ1n) is 6.36. The van der Waals surface area contributed by atoms with Crippen LogP contribution in [0.2, 0.25) is 0 Å². The molecule has 0 bridgehead atoms. The molecule has 1 rings (SSSR count). The van der Waals surface area contributed by atoms with E-state index in [9.17, 15) is 4.79 Å². The van der Waals surface area contributed by atoms with Crippen molar-refractivity contribution < 1.29 is 9.53 Å². The van der Waals surface area contributed by atoms with E-state index >= 15 is 0 Å². The van der Waals surface area contributed by atoms with Crippen molar-refractivity contribution in [1.82, 2.24) is 0 Å². The lowest BCUT2D eigenvalue weighted by Gasteiger charge is -2.11. The van der Waals surface area contributed by atoms with Gasteiger partial charge in [0.05, 0.1) is 13.5 Å². The smallest absolute Gasteiger partial charge is 0.307 e. The molecule has 0 saturated heterocycles. The molecule has 0 N–H and O–H groups in total. The van der Waals surface area contributed by atoms with Crippen LogP contribution in [0.3, 0.4) is 0 Å². The normalized spacial score (nSPS) is 14.0. The van der Waals surface area contributed by atoms with Crippen molar-refractivity contribution in [3.8, 4) is 0 Å². The number of alkyl halides is 1. The maximum atomic E-state index is 11.1. The lowest BCUT2D eigenvalue weighted by Crippen LogP contribution is -2.12. The zero-order chi connectivity index (χ0) is 13.5. The SMILES string of the molecule is CCC(C)c1ccc(CC(Cl)CC(=O)OC)cc1. The Balaban J connectivity index is 2.55. The Bertz CT molecular complexity index is 373. The topological polar surface area (TPSA) is 26.3 Å². The molecule has 1 aromatic rings. The minimum Gasteiger partial charge on any atom is -0.469 e. The molecule has 18 heavy (non-hydrogen) atoms. The average molecular weight is 269 g/mol. The predicted octanol–water partition coefficient (Wildman–Crippen LogP) is 3.91. The van der Waals surface area contributed by atoms with E-state index < -0.39 is 0 Å². The molecule has 0 radical (unpaired) electrons.